The number of likely N-dealkylation sites (N-methyl/N-ethyl adjacent to an activating group) is 1. The molecule has 0 aliphatic heterocycles. The summed E-state index contributed by atoms with van der Waals surface area (Å²) in [5.74, 6) is 0.216. The molecule has 0 aliphatic carbocycles. The average Bonchev–Trinajstić information content (AvgIpc) is 2.36. The Kier molecular flexibility index (Phi) is 5.47. The molecule has 0 bridgehead atoms. The predicted molar refractivity (Wildman–Crippen MR) is 72.6 cm³/mol. The molecular weight excluding hydrogens is 210 g/mol. The van der Waals surface area contributed by atoms with Crippen molar-refractivity contribution in [1.82, 2.24) is 4.90 Å². The van der Waals surface area contributed by atoms with Crippen molar-refractivity contribution in [1.29, 1.82) is 0 Å². The molecule has 1 rings (SSSR count). The van der Waals surface area contributed by atoms with Crippen molar-refractivity contribution in [3.05, 3.63) is 41.5 Å². The van der Waals surface area contributed by atoms with Crippen molar-refractivity contribution in [2.24, 2.45) is 0 Å². The Morgan fingerprint density at radius 2 is 1.88 bits per heavy atom. The van der Waals surface area contributed by atoms with Gasteiger partial charge in [-0.15, -0.1) is 0 Å². The molecule has 0 aliphatic rings. The van der Waals surface area contributed by atoms with Gasteiger partial charge in [0.1, 0.15) is 0 Å². The van der Waals surface area contributed by atoms with Gasteiger partial charge in [0.25, 0.3) is 0 Å². The van der Waals surface area contributed by atoms with Crippen LogP contribution in [-0.4, -0.2) is 23.9 Å². The summed E-state index contributed by atoms with van der Waals surface area (Å²) < 4.78 is 0. The largest absolute Gasteiger partial charge is 0.339 e. The molecule has 0 atom stereocenters. The Hall–Kier alpha value is -1.57. The zero-order valence-corrected chi connectivity index (χ0v) is 10.9. The van der Waals surface area contributed by atoms with Crippen LogP contribution in [0.3, 0.4) is 0 Å². The monoisotopic (exact) mass is 231 g/mol. The molecule has 17 heavy (non-hydrogen) atoms. The normalized spacial score (nSPS) is 11.4. The third kappa shape index (κ3) is 4.43. The maximum Gasteiger partial charge on any atom is 0.222 e. The highest BCUT2D eigenvalue weighted by Gasteiger charge is 2.08. The lowest BCUT2D eigenvalue weighted by Gasteiger charge is -2.20. The van der Waals surface area contributed by atoms with Gasteiger partial charge in [-0.1, -0.05) is 48.9 Å². The molecule has 1 aromatic rings. The lowest BCUT2D eigenvalue weighted by molar-refractivity contribution is -0.130. The molecule has 2 heteroatoms. The average molecular weight is 231 g/mol. The van der Waals surface area contributed by atoms with Crippen molar-refractivity contribution in [2.75, 3.05) is 13.1 Å². The van der Waals surface area contributed by atoms with E-state index in [1.807, 2.05) is 36.9 Å². The van der Waals surface area contributed by atoms with Gasteiger partial charge in [0.2, 0.25) is 5.91 Å². The van der Waals surface area contributed by atoms with Crippen LogP contribution in [-0.2, 0) is 4.79 Å². The Labute approximate surface area is 104 Å². The molecule has 0 saturated carbocycles. The van der Waals surface area contributed by atoms with Crippen molar-refractivity contribution < 1.29 is 4.79 Å². The summed E-state index contributed by atoms with van der Waals surface area (Å²) in [6.45, 7) is 7.48. The van der Waals surface area contributed by atoms with Crippen LogP contribution in [0.5, 0.6) is 0 Å². The van der Waals surface area contributed by atoms with Crippen LogP contribution in [0.4, 0.5) is 0 Å². The fourth-order valence-electron chi connectivity index (χ4n) is 1.78. The molecule has 2 nitrogen and oxygen atoms in total. The summed E-state index contributed by atoms with van der Waals surface area (Å²) in [4.78, 5) is 13.5. The second kappa shape index (κ2) is 6.89. The number of carbonyl (C=O) groups excluding carboxylic acids is 1. The molecule has 0 fully saturated rings. The molecule has 0 unspecified atom stereocenters. The molecule has 1 amide bonds. The summed E-state index contributed by atoms with van der Waals surface area (Å²) in [7, 11) is 0. The van der Waals surface area contributed by atoms with Crippen LogP contribution in [0.1, 0.15) is 32.8 Å². The van der Waals surface area contributed by atoms with E-state index in [1.165, 1.54) is 11.1 Å². The molecule has 0 aromatic heterocycles. The lowest BCUT2D eigenvalue weighted by atomic mass is 10.1. The van der Waals surface area contributed by atoms with E-state index in [-0.39, 0.29) is 5.91 Å². The first-order valence-electron chi connectivity index (χ1n) is 6.17. The van der Waals surface area contributed by atoms with Crippen LogP contribution in [0.2, 0.25) is 0 Å². The summed E-state index contributed by atoms with van der Waals surface area (Å²) in [5, 5.41) is 0. The van der Waals surface area contributed by atoms with Gasteiger partial charge >= 0.3 is 0 Å². The smallest absolute Gasteiger partial charge is 0.222 e. The van der Waals surface area contributed by atoms with E-state index in [0.717, 1.165) is 13.1 Å². The standard InChI is InChI=1S/C15H21NO/c1-4-15(17)16(5-2)12-13(3)11-14-9-7-6-8-10-14/h6-11H,4-5,12H2,1-3H3. The Bertz CT molecular complexity index is 381. The van der Waals surface area contributed by atoms with Gasteiger partial charge in [-0.2, -0.15) is 0 Å². The molecule has 0 radical (unpaired) electrons. The van der Waals surface area contributed by atoms with Crippen molar-refractivity contribution in [2.45, 2.75) is 27.2 Å². The Morgan fingerprint density at radius 1 is 1.24 bits per heavy atom. The van der Waals surface area contributed by atoms with Crippen molar-refractivity contribution in [3.63, 3.8) is 0 Å². The number of nitrogens with zero attached hydrogens (tertiary/aromatic N) is 1. The molecule has 0 heterocycles. The summed E-state index contributed by atoms with van der Waals surface area (Å²) in [5.41, 5.74) is 2.39. The molecule has 0 spiro atoms. The van der Waals surface area contributed by atoms with Gasteiger partial charge in [-0.3, -0.25) is 4.79 Å². The number of hydrogen-bond acceptors (Lipinski definition) is 1. The fraction of sp³-hybridized carbons (Fsp3) is 0.400. The second-order valence-corrected chi connectivity index (χ2v) is 4.16. The second-order valence-electron chi connectivity index (χ2n) is 4.16. The van der Waals surface area contributed by atoms with E-state index in [9.17, 15) is 4.79 Å². The van der Waals surface area contributed by atoms with Gasteiger partial charge < -0.3 is 4.90 Å². The van der Waals surface area contributed by atoms with Gasteiger partial charge in [0, 0.05) is 19.5 Å². The van der Waals surface area contributed by atoms with Gasteiger partial charge in [-0.25, -0.2) is 0 Å². The van der Waals surface area contributed by atoms with E-state index in [0.29, 0.717) is 6.42 Å². The number of benzene rings is 1. The number of hydrogen-bond donors (Lipinski definition) is 0. The summed E-state index contributed by atoms with van der Waals surface area (Å²) in [6.07, 6.45) is 2.71. The first kappa shape index (κ1) is 13.5. The van der Waals surface area contributed by atoms with E-state index in [2.05, 4.69) is 25.1 Å². The zero-order valence-electron chi connectivity index (χ0n) is 10.9. The third-order valence-electron chi connectivity index (χ3n) is 2.69. The van der Waals surface area contributed by atoms with Gasteiger partial charge in [0.15, 0.2) is 0 Å². The minimum absolute atomic E-state index is 0.216. The minimum Gasteiger partial charge on any atom is -0.339 e. The number of rotatable bonds is 5. The van der Waals surface area contributed by atoms with E-state index < -0.39 is 0 Å². The van der Waals surface area contributed by atoms with E-state index in [4.69, 9.17) is 0 Å². The first-order valence-corrected chi connectivity index (χ1v) is 6.17. The molecule has 0 saturated heterocycles. The van der Waals surface area contributed by atoms with Crippen LogP contribution >= 0.6 is 0 Å². The van der Waals surface area contributed by atoms with Crippen LogP contribution < -0.4 is 0 Å². The lowest BCUT2D eigenvalue weighted by Crippen LogP contribution is -2.31. The molecule has 92 valence electrons. The van der Waals surface area contributed by atoms with Gasteiger partial charge in [-0.05, 0) is 19.4 Å². The highest BCUT2D eigenvalue weighted by molar-refractivity contribution is 5.76. The topological polar surface area (TPSA) is 20.3 Å². The third-order valence-corrected chi connectivity index (χ3v) is 2.69. The quantitative estimate of drug-likeness (QED) is 0.761. The fourth-order valence-corrected chi connectivity index (χ4v) is 1.78. The first-order chi connectivity index (χ1) is 8.17. The van der Waals surface area contributed by atoms with Crippen LogP contribution in [0.25, 0.3) is 6.08 Å². The van der Waals surface area contributed by atoms with Crippen molar-refractivity contribution in [3.8, 4) is 0 Å². The van der Waals surface area contributed by atoms with Crippen LogP contribution in [0.15, 0.2) is 35.9 Å². The predicted octanol–water partition coefficient (Wildman–Crippen LogP) is 3.35. The number of amides is 1. The highest BCUT2D eigenvalue weighted by Crippen LogP contribution is 2.08. The number of carbonyl (C=O) groups is 1. The SMILES string of the molecule is CCC(=O)N(CC)CC(C)=Cc1ccccc1. The van der Waals surface area contributed by atoms with E-state index >= 15 is 0 Å². The maximum atomic E-state index is 11.6. The highest BCUT2D eigenvalue weighted by atomic mass is 16.2. The Morgan fingerprint density at radius 3 is 2.41 bits per heavy atom. The van der Waals surface area contributed by atoms with Gasteiger partial charge in [0.05, 0.1) is 0 Å². The van der Waals surface area contributed by atoms with E-state index in [1.54, 1.807) is 0 Å². The Balaban J connectivity index is 2.67. The van der Waals surface area contributed by atoms with Crippen LogP contribution in [0, 0.1) is 0 Å². The molecular formula is C15H21NO. The molecule has 1 aromatic carbocycles. The summed E-state index contributed by atoms with van der Waals surface area (Å²) >= 11 is 0. The summed E-state index contributed by atoms with van der Waals surface area (Å²) in [6, 6.07) is 10.2. The van der Waals surface area contributed by atoms with Crippen molar-refractivity contribution >= 4 is 12.0 Å². The zero-order chi connectivity index (χ0) is 12.7. The molecule has 0 N–H and O–H groups in total. The maximum absolute atomic E-state index is 11.6. The minimum atomic E-state index is 0.216.